The molecule has 0 radical (unpaired) electrons. The van der Waals surface area contributed by atoms with E-state index in [1.54, 1.807) is 35.9 Å². The summed E-state index contributed by atoms with van der Waals surface area (Å²) >= 11 is 1.23. The molecule has 0 aliphatic heterocycles. The molecule has 192 valence electrons. The summed E-state index contributed by atoms with van der Waals surface area (Å²) in [5.41, 5.74) is 5.35. The first-order valence-electron chi connectivity index (χ1n) is 12.3. The first-order valence-corrected chi connectivity index (χ1v) is 13.3. The Kier molecular flexibility index (Phi) is 7.33. The molecule has 2 heterocycles. The molecular formula is C30H28N4O3S. The van der Waals surface area contributed by atoms with Gasteiger partial charge in [0.15, 0.2) is 5.16 Å². The van der Waals surface area contributed by atoms with Gasteiger partial charge >= 0.3 is 0 Å². The average molecular weight is 525 g/mol. The molecule has 0 aliphatic rings. The van der Waals surface area contributed by atoms with Crippen LogP contribution in [-0.4, -0.2) is 32.9 Å². The number of methoxy groups -OCH3 is 1. The van der Waals surface area contributed by atoms with Crippen LogP contribution in [-0.2, 0) is 18.3 Å². The highest BCUT2D eigenvalue weighted by Crippen LogP contribution is 2.30. The van der Waals surface area contributed by atoms with E-state index in [2.05, 4.69) is 12.2 Å². The zero-order chi connectivity index (χ0) is 26.6. The van der Waals surface area contributed by atoms with E-state index >= 15 is 0 Å². The maximum Gasteiger partial charge on any atom is 0.283 e. The molecule has 0 atom stereocenters. The summed E-state index contributed by atoms with van der Waals surface area (Å²) in [6, 6.07) is 24.9. The number of anilines is 1. The van der Waals surface area contributed by atoms with Crippen molar-refractivity contribution in [3.8, 4) is 22.6 Å². The number of aromatic nitrogens is 3. The Morgan fingerprint density at radius 2 is 1.71 bits per heavy atom. The molecule has 0 saturated heterocycles. The Morgan fingerprint density at radius 1 is 1.00 bits per heavy atom. The summed E-state index contributed by atoms with van der Waals surface area (Å²) < 4.78 is 8.61. The van der Waals surface area contributed by atoms with Gasteiger partial charge in [0.1, 0.15) is 16.8 Å². The third kappa shape index (κ3) is 5.08. The first kappa shape index (κ1) is 25.4. The van der Waals surface area contributed by atoms with Gasteiger partial charge in [0.25, 0.3) is 5.56 Å². The highest BCUT2D eigenvalue weighted by atomic mass is 32.2. The van der Waals surface area contributed by atoms with Crippen LogP contribution in [0.5, 0.6) is 5.75 Å². The second kappa shape index (κ2) is 11.0. The van der Waals surface area contributed by atoms with Gasteiger partial charge in [-0.05, 0) is 53.9 Å². The van der Waals surface area contributed by atoms with E-state index in [0.29, 0.717) is 33.3 Å². The third-order valence-electron chi connectivity index (χ3n) is 6.35. The number of benzene rings is 3. The van der Waals surface area contributed by atoms with Crippen LogP contribution in [0.25, 0.3) is 27.8 Å². The molecule has 0 unspecified atom stereocenters. The SMILES string of the molecule is CCc1ccc(-n2c(SCC(=O)Nc3ccc(OC)cc3)nc3c(-c4ccccc4)cn(C)c3c2=O)cc1. The largest absolute Gasteiger partial charge is 0.497 e. The van der Waals surface area contributed by atoms with Gasteiger partial charge in [-0.25, -0.2) is 4.98 Å². The normalized spacial score (nSPS) is 11.0. The Bertz CT molecular complexity index is 1640. The smallest absolute Gasteiger partial charge is 0.283 e. The van der Waals surface area contributed by atoms with Crippen molar-refractivity contribution in [3.63, 3.8) is 0 Å². The van der Waals surface area contributed by atoms with Crippen molar-refractivity contribution in [2.75, 3.05) is 18.2 Å². The fourth-order valence-electron chi connectivity index (χ4n) is 4.35. The molecule has 1 N–H and O–H groups in total. The van der Waals surface area contributed by atoms with E-state index in [1.165, 1.54) is 17.3 Å². The Labute approximate surface area is 225 Å². The molecule has 0 saturated carbocycles. The minimum absolute atomic E-state index is 0.0878. The molecule has 0 bridgehead atoms. The van der Waals surface area contributed by atoms with Gasteiger partial charge in [-0.3, -0.25) is 14.2 Å². The van der Waals surface area contributed by atoms with Crippen LogP contribution in [0.1, 0.15) is 12.5 Å². The van der Waals surface area contributed by atoms with E-state index in [4.69, 9.17) is 9.72 Å². The number of carbonyl (C=O) groups is 1. The quantitative estimate of drug-likeness (QED) is 0.208. The number of carbonyl (C=O) groups excluding carboxylic acids is 1. The maximum atomic E-state index is 13.9. The van der Waals surface area contributed by atoms with Crippen molar-refractivity contribution in [1.29, 1.82) is 0 Å². The van der Waals surface area contributed by atoms with E-state index in [9.17, 15) is 9.59 Å². The first-order chi connectivity index (χ1) is 18.5. The lowest BCUT2D eigenvalue weighted by molar-refractivity contribution is -0.113. The highest BCUT2D eigenvalue weighted by molar-refractivity contribution is 7.99. The van der Waals surface area contributed by atoms with Crippen LogP contribution in [0.4, 0.5) is 5.69 Å². The Balaban J connectivity index is 1.55. The lowest BCUT2D eigenvalue weighted by Gasteiger charge is -2.14. The predicted octanol–water partition coefficient (Wildman–Crippen LogP) is 5.69. The van der Waals surface area contributed by atoms with Crippen LogP contribution in [0.3, 0.4) is 0 Å². The fourth-order valence-corrected chi connectivity index (χ4v) is 5.16. The van der Waals surface area contributed by atoms with Crippen molar-refractivity contribution in [2.24, 2.45) is 7.05 Å². The zero-order valence-electron chi connectivity index (χ0n) is 21.5. The van der Waals surface area contributed by atoms with Gasteiger partial charge in [0, 0.05) is 24.5 Å². The zero-order valence-corrected chi connectivity index (χ0v) is 22.3. The van der Waals surface area contributed by atoms with E-state index < -0.39 is 0 Å². The molecule has 2 aromatic heterocycles. The molecule has 5 rings (SSSR count). The maximum absolute atomic E-state index is 13.9. The number of nitrogens with zero attached hydrogens (tertiary/aromatic N) is 3. The van der Waals surface area contributed by atoms with Crippen molar-refractivity contribution in [1.82, 2.24) is 14.1 Å². The van der Waals surface area contributed by atoms with Gasteiger partial charge in [-0.2, -0.15) is 0 Å². The molecule has 0 fully saturated rings. The van der Waals surface area contributed by atoms with Crippen LogP contribution in [0.15, 0.2) is 95.0 Å². The number of nitrogens with one attached hydrogen (secondary N) is 1. The molecule has 38 heavy (non-hydrogen) atoms. The number of hydrogen-bond donors (Lipinski definition) is 1. The lowest BCUT2D eigenvalue weighted by atomic mass is 10.1. The Morgan fingerprint density at radius 3 is 2.37 bits per heavy atom. The van der Waals surface area contributed by atoms with Crippen molar-refractivity contribution in [3.05, 3.63) is 101 Å². The number of ether oxygens (including phenoxy) is 1. The van der Waals surface area contributed by atoms with Crippen LogP contribution >= 0.6 is 11.8 Å². The summed E-state index contributed by atoms with van der Waals surface area (Å²) in [5.74, 6) is 0.605. The standard InChI is InChI=1S/C30H28N4O3S/c1-4-20-10-14-23(15-11-20)34-29(36)28-27(25(18-33(28)2)21-8-6-5-7-9-21)32-30(34)38-19-26(35)31-22-12-16-24(37-3)17-13-22/h5-18H,4,19H2,1-3H3,(H,31,35). The average Bonchev–Trinajstić information content (AvgIpc) is 3.29. The number of thioether (sulfide) groups is 1. The van der Waals surface area contributed by atoms with E-state index in [-0.39, 0.29) is 17.2 Å². The molecule has 5 aromatic rings. The Hall–Kier alpha value is -4.30. The van der Waals surface area contributed by atoms with Crippen molar-refractivity contribution in [2.45, 2.75) is 18.5 Å². The topological polar surface area (TPSA) is 78.2 Å². The minimum atomic E-state index is -0.196. The number of rotatable bonds is 8. The number of hydrogen-bond acceptors (Lipinski definition) is 5. The second-order valence-corrected chi connectivity index (χ2v) is 9.78. The second-order valence-electron chi connectivity index (χ2n) is 8.84. The number of aryl methyl sites for hydroxylation is 2. The molecule has 7 nitrogen and oxygen atoms in total. The summed E-state index contributed by atoms with van der Waals surface area (Å²) in [5, 5.41) is 3.35. The highest BCUT2D eigenvalue weighted by Gasteiger charge is 2.20. The van der Waals surface area contributed by atoms with Gasteiger partial charge in [0.2, 0.25) is 5.91 Å². The number of fused-ring (bicyclic) bond motifs is 1. The lowest BCUT2D eigenvalue weighted by Crippen LogP contribution is -2.24. The van der Waals surface area contributed by atoms with Gasteiger partial charge in [-0.15, -0.1) is 0 Å². The molecule has 0 aliphatic carbocycles. The van der Waals surface area contributed by atoms with E-state index in [1.807, 2.05) is 72.4 Å². The van der Waals surface area contributed by atoms with Gasteiger partial charge in [0.05, 0.1) is 18.6 Å². The predicted molar refractivity (Wildman–Crippen MR) is 153 cm³/mol. The minimum Gasteiger partial charge on any atom is -0.497 e. The molecule has 0 spiro atoms. The number of amides is 1. The van der Waals surface area contributed by atoms with Crippen LogP contribution in [0, 0.1) is 0 Å². The monoisotopic (exact) mass is 524 g/mol. The molecular weight excluding hydrogens is 496 g/mol. The molecule has 1 amide bonds. The van der Waals surface area contributed by atoms with Crippen molar-refractivity contribution >= 4 is 34.4 Å². The summed E-state index contributed by atoms with van der Waals surface area (Å²) in [4.78, 5) is 31.7. The third-order valence-corrected chi connectivity index (χ3v) is 7.29. The van der Waals surface area contributed by atoms with E-state index in [0.717, 1.165) is 17.5 Å². The van der Waals surface area contributed by atoms with Gasteiger partial charge in [-0.1, -0.05) is 61.2 Å². The summed E-state index contributed by atoms with van der Waals surface area (Å²) in [6.07, 6.45) is 2.83. The van der Waals surface area contributed by atoms with Crippen LogP contribution < -0.4 is 15.6 Å². The molecule has 3 aromatic carbocycles. The summed E-state index contributed by atoms with van der Waals surface area (Å²) in [7, 11) is 3.46. The summed E-state index contributed by atoms with van der Waals surface area (Å²) in [6.45, 7) is 2.09. The molecule has 8 heteroatoms. The van der Waals surface area contributed by atoms with Crippen molar-refractivity contribution < 1.29 is 9.53 Å². The fraction of sp³-hybridized carbons (Fsp3) is 0.167. The van der Waals surface area contributed by atoms with Crippen LogP contribution in [0.2, 0.25) is 0 Å². The van der Waals surface area contributed by atoms with Gasteiger partial charge < -0.3 is 14.6 Å².